The molecule has 0 radical (unpaired) electrons. The molecule has 1 amide bonds. The molecule has 0 aromatic heterocycles. The van der Waals surface area contributed by atoms with Crippen LogP contribution in [0, 0.1) is 0 Å². The minimum atomic E-state index is -0.811. The minimum Gasteiger partial charge on any atom is -0.476 e. The number of nitrogens with zero attached hydrogens (tertiary/aromatic N) is 1. The van der Waals surface area contributed by atoms with Crippen LogP contribution in [0.1, 0.15) is 65.0 Å². The zero-order chi connectivity index (χ0) is 16.3. The maximum absolute atomic E-state index is 12.6. The zero-order valence-electron chi connectivity index (χ0n) is 14.2. The van der Waals surface area contributed by atoms with Crippen LogP contribution in [0.2, 0.25) is 0 Å². The molecule has 1 heterocycles. The van der Waals surface area contributed by atoms with Crippen molar-refractivity contribution in [2.45, 2.75) is 65.0 Å². The third kappa shape index (κ3) is 3.27. The first-order chi connectivity index (χ1) is 10.4. The van der Waals surface area contributed by atoms with Crippen molar-refractivity contribution >= 4 is 11.6 Å². The van der Waals surface area contributed by atoms with Crippen molar-refractivity contribution in [1.29, 1.82) is 0 Å². The van der Waals surface area contributed by atoms with Crippen LogP contribution >= 0.6 is 0 Å². The van der Waals surface area contributed by atoms with E-state index in [1.54, 1.807) is 0 Å². The van der Waals surface area contributed by atoms with E-state index in [2.05, 4.69) is 13.8 Å². The van der Waals surface area contributed by atoms with Gasteiger partial charge in [-0.15, -0.1) is 0 Å². The number of hydrogen-bond acceptors (Lipinski definition) is 3. The van der Waals surface area contributed by atoms with Crippen LogP contribution in [-0.2, 0) is 4.79 Å². The van der Waals surface area contributed by atoms with Gasteiger partial charge >= 0.3 is 0 Å². The molecule has 0 fully saturated rings. The molecule has 22 heavy (non-hydrogen) atoms. The average molecular weight is 304 g/mol. The fourth-order valence-corrected chi connectivity index (χ4v) is 2.85. The third-order valence-corrected chi connectivity index (χ3v) is 4.14. The van der Waals surface area contributed by atoms with Gasteiger partial charge in [-0.2, -0.15) is 0 Å². The number of ether oxygens (including phenoxy) is 1. The van der Waals surface area contributed by atoms with Gasteiger partial charge in [0.1, 0.15) is 5.75 Å². The third-order valence-electron chi connectivity index (χ3n) is 4.14. The second kappa shape index (κ2) is 6.69. The zero-order valence-corrected chi connectivity index (χ0v) is 14.2. The molecule has 2 N–H and O–H groups in total. The lowest BCUT2D eigenvalue weighted by molar-refractivity contribution is -0.132. The number of carbonyl (C=O) groups is 1. The van der Waals surface area contributed by atoms with Crippen molar-refractivity contribution in [2.75, 3.05) is 11.4 Å². The Bertz CT molecular complexity index is 540. The average Bonchev–Trinajstić information content (AvgIpc) is 2.49. The highest BCUT2D eigenvalue weighted by Gasteiger charge is 2.40. The van der Waals surface area contributed by atoms with Crippen molar-refractivity contribution in [2.24, 2.45) is 5.73 Å². The number of fused-ring (bicyclic) bond motifs is 1. The van der Waals surface area contributed by atoms with E-state index in [0.717, 1.165) is 42.7 Å². The first kappa shape index (κ1) is 16.8. The normalized spacial score (nSPS) is 17.9. The van der Waals surface area contributed by atoms with Crippen LogP contribution in [0.3, 0.4) is 0 Å². The summed E-state index contributed by atoms with van der Waals surface area (Å²) in [6.45, 7) is 8.58. The van der Waals surface area contributed by atoms with Crippen LogP contribution in [0.15, 0.2) is 18.2 Å². The number of nitrogens with two attached hydrogens (primary N) is 1. The standard InChI is InChI=1S/C18H28N2O2/c1-5-7-8-14(19)13-9-10-16-15(12-13)20(11-6-2)17(21)18(3,4)22-16/h9-10,12,14H,5-8,11,19H2,1-4H3. The van der Waals surface area contributed by atoms with Gasteiger partial charge in [-0.25, -0.2) is 0 Å². The Hall–Kier alpha value is -1.55. The molecule has 0 saturated heterocycles. The van der Waals surface area contributed by atoms with Gasteiger partial charge in [-0.05, 0) is 44.4 Å². The highest BCUT2D eigenvalue weighted by Crippen LogP contribution is 2.39. The second-order valence-corrected chi connectivity index (χ2v) is 6.55. The smallest absolute Gasteiger partial charge is 0.270 e. The van der Waals surface area contributed by atoms with Gasteiger partial charge in [-0.3, -0.25) is 4.79 Å². The summed E-state index contributed by atoms with van der Waals surface area (Å²) in [5.74, 6) is 0.783. The van der Waals surface area contributed by atoms with E-state index in [1.807, 2.05) is 36.9 Å². The highest BCUT2D eigenvalue weighted by atomic mass is 16.5. The Morgan fingerprint density at radius 2 is 2.00 bits per heavy atom. The lowest BCUT2D eigenvalue weighted by atomic mass is 9.98. The monoisotopic (exact) mass is 304 g/mol. The van der Waals surface area contributed by atoms with Crippen LogP contribution in [0.5, 0.6) is 5.75 Å². The van der Waals surface area contributed by atoms with Gasteiger partial charge in [0.2, 0.25) is 0 Å². The lowest BCUT2D eigenvalue weighted by Crippen LogP contribution is -2.52. The summed E-state index contributed by atoms with van der Waals surface area (Å²) in [6.07, 6.45) is 4.12. The number of benzene rings is 1. The SMILES string of the molecule is CCCCC(N)c1ccc2c(c1)N(CCC)C(=O)C(C)(C)O2. The van der Waals surface area contributed by atoms with Crippen LogP contribution in [0.25, 0.3) is 0 Å². The summed E-state index contributed by atoms with van der Waals surface area (Å²) in [5.41, 5.74) is 7.40. The van der Waals surface area contributed by atoms with Crippen molar-refractivity contribution in [3.63, 3.8) is 0 Å². The Morgan fingerprint density at radius 3 is 2.64 bits per heavy atom. The summed E-state index contributed by atoms with van der Waals surface area (Å²) in [4.78, 5) is 14.5. The Morgan fingerprint density at radius 1 is 1.27 bits per heavy atom. The molecule has 0 bridgehead atoms. The van der Waals surface area contributed by atoms with Crippen LogP contribution < -0.4 is 15.4 Å². The molecule has 0 saturated carbocycles. The number of carbonyl (C=O) groups excluding carboxylic acids is 1. The molecule has 1 aliphatic heterocycles. The van der Waals surface area contributed by atoms with E-state index in [9.17, 15) is 4.79 Å². The largest absolute Gasteiger partial charge is 0.476 e. The predicted molar refractivity (Wildman–Crippen MR) is 90.2 cm³/mol. The molecule has 1 aromatic carbocycles. The number of hydrogen-bond donors (Lipinski definition) is 1. The molecule has 0 aliphatic carbocycles. The summed E-state index contributed by atoms with van der Waals surface area (Å²) in [7, 11) is 0. The molecular formula is C18H28N2O2. The van der Waals surface area contributed by atoms with E-state index in [-0.39, 0.29) is 11.9 Å². The molecular weight excluding hydrogens is 276 g/mol. The van der Waals surface area contributed by atoms with E-state index >= 15 is 0 Å². The van der Waals surface area contributed by atoms with Gasteiger partial charge in [0.05, 0.1) is 5.69 Å². The van der Waals surface area contributed by atoms with E-state index in [0.29, 0.717) is 6.54 Å². The maximum atomic E-state index is 12.6. The molecule has 4 heteroatoms. The fraction of sp³-hybridized carbons (Fsp3) is 0.611. The highest BCUT2D eigenvalue weighted by molar-refractivity contribution is 6.02. The van der Waals surface area contributed by atoms with Crippen molar-refractivity contribution < 1.29 is 9.53 Å². The number of anilines is 1. The lowest BCUT2D eigenvalue weighted by Gasteiger charge is -2.39. The molecule has 1 aromatic rings. The Balaban J connectivity index is 2.35. The molecule has 1 aliphatic rings. The first-order valence-electron chi connectivity index (χ1n) is 8.31. The fourth-order valence-electron chi connectivity index (χ4n) is 2.85. The number of rotatable bonds is 6. The summed E-state index contributed by atoms with van der Waals surface area (Å²) >= 11 is 0. The summed E-state index contributed by atoms with van der Waals surface area (Å²) in [5, 5.41) is 0. The van der Waals surface area contributed by atoms with Gasteiger partial charge in [0.25, 0.3) is 5.91 Å². The minimum absolute atomic E-state index is 0.0127. The van der Waals surface area contributed by atoms with Crippen LogP contribution in [-0.4, -0.2) is 18.1 Å². The molecule has 1 unspecified atom stereocenters. The summed E-state index contributed by atoms with van der Waals surface area (Å²) < 4.78 is 5.89. The van der Waals surface area contributed by atoms with Crippen molar-refractivity contribution in [3.05, 3.63) is 23.8 Å². The molecule has 122 valence electrons. The second-order valence-electron chi connectivity index (χ2n) is 6.55. The van der Waals surface area contributed by atoms with E-state index < -0.39 is 5.60 Å². The maximum Gasteiger partial charge on any atom is 0.270 e. The van der Waals surface area contributed by atoms with Gasteiger partial charge in [0, 0.05) is 12.6 Å². The summed E-state index contributed by atoms with van der Waals surface area (Å²) in [6, 6.07) is 6.01. The van der Waals surface area contributed by atoms with Gasteiger partial charge in [-0.1, -0.05) is 32.8 Å². The quantitative estimate of drug-likeness (QED) is 0.870. The molecule has 1 atom stereocenters. The number of unbranched alkanes of at least 4 members (excludes halogenated alkanes) is 1. The van der Waals surface area contributed by atoms with Crippen LogP contribution in [0.4, 0.5) is 5.69 Å². The van der Waals surface area contributed by atoms with Crippen molar-refractivity contribution in [1.82, 2.24) is 0 Å². The Labute approximate surface area is 133 Å². The van der Waals surface area contributed by atoms with Gasteiger partial charge < -0.3 is 15.4 Å². The predicted octanol–water partition coefficient (Wildman–Crippen LogP) is 3.79. The molecule has 0 spiro atoms. The molecule has 4 nitrogen and oxygen atoms in total. The first-order valence-corrected chi connectivity index (χ1v) is 8.31. The number of amides is 1. The Kier molecular flexibility index (Phi) is 5.12. The topological polar surface area (TPSA) is 55.6 Å². The molecule has 2 rings (SSSR count). The van der Waals surface area contributed by atoms with E-state index in [4.69, 9.17) is 10.5 Å². The van der Waals surface area contributed by atoms with E-state index in [1.165, 1.54) is 0 Å². The van der Waals surface area contributed by atoms with Gasteiger partial charge in [0.15, 0.2) is 5.60 Å². The van der Waals surface area contributed by atoms with Crippen molar-refractivity contribution in [3.8, 4) is 5.75 Å².